The van der Waals surface area contributed by atoms with Gasteiger partial charge in [0.25, 0.3) is 10.1 Å². The van der Waals surface area contributed by atoms with Crippen molar-refractivity contribution in [2.45, 2.75) is 24.8 Å². The van der Waals surface area contributed by atoms with Gasteiger partial charge in [-0.1, -0.05) is 54.1 Å². The van der Waals surface area contributed by atoms with E-state index in [0.29, 0.717) is 11.5 Å². The second-order valence-electron chi connectivity index (χ2n) is 7.05. The Hall–Kier alpha value is -2.83. The highest BCUT2D eigenvalue weighted by molar-refractivity contribution is 7.86. The first-order valence-electron chi connectivity index (χ1n) is 9.38. The van der Waals surface area contributed by atoms with Crippen LogP contribution in [0.2, 0.25) is 0 Å². The zero-order valence-corrected chi connectivity index (χ0v) is 17.1. The number of rotatable bonds is 5. The van der Waals surface area contributed by atoms with Gasteiger partial charge in [-0.3, -0.25) is 4.18 Å². The number of hydrogen-bond acceptors (Lipinski definition) is 5. The molecule has 6 heteroatoms. The quantitative estimate of drug-likeness (QED) is 0.579. The first-order chi connectivity index (χ1) is 13.9. The maximum absolute atomic E-state index is 12.4. The molecule has 0 aliphatic carbocycles. The number of ether oxygens (including phenoxy) is 2. The lowest BCUT2D eigenvalue weighted by molar-refractivity contribution is 0.0561. The summed E-state index contributed by atoms with van der Waals surface area (Å²) in [6, 6.07) is 20.3. The van der Waals surface area contributed by atoms with E-state index in [2.05, 4.69) is 0 Å². The highest BCUT2D eigenvalue weighted by atomic mass is 32.2. The molecule has 0 saturated heterocycles. The molecule has 1 heterocycles. The molecular weight excluding hydrogens is 388 g/mol. The van der Waals surface area contributed by atoms with Crippen LogP contribution in [0.25, 0.3) is 11.1 Å². The lowest BCUT2D eigenvalue weighted by Gasteiger charge is -2.28. The predicted octanol–water partition coefficient (Wildman–Crippen LogP) is 4.52. The number of aryl methyl sites for hydroxylation is 2. The topological polar surface area (TPSA) is 61.8 Å². The molecule has 0 spiro atoms. The van der Waals surface area contributed by atoms with Crippen molar-refractivity contribution >= 4 is 10.1 Å². The fourth-order valence-corrected chi connectivity index (χ4v) is 4.18. The molecule has 0 bridgehead atoms. The van der Waals surface area contributed by atoms with E-state index in [0.717, 1.165) is 22.3 Å². The van der Waals surface area contributed by atoms with Crippen LogP contribution in [-0.2, 0) is 14.3 Å². The molecule has 1 atom stereocenters. The van der Waals surface area contributed by atoms with Crippen molar-refractivity contribution in [2.24, 2.45) is 0 Å². The molecule has 29 heavy (non-hydrogen) atoms. The van der Waals surface area contributed by atoms with E-state index in [1.165, 1.54) is 12.1 Å². The zero-order chi connectivity index (χ0) is 20.4. The van der Waals surface area contributed by atoms with Crippen molar-refractivity contribution in [1.29, 1.82) is 0 Å². The second kappa shape index (κ2) is 7.89. The van der Waals surface area contributed by atoms with Gasteiger partial charge in [0, 0.05) is 5.56 Å². The van der Waals surface area contributed by atoms with E-state index in [-0.39, 0.29) is 18.1 Å². The standard InChI is InChI=1S/C23H22O5S/c1-16-10-12-19(13-11-16)29(24,25)27-15-18-14-26-22-9-5-8-21(23(22)28-18)20-7-4-3-6-17(20)2/h3-13,18H,14-15H2,1-2H3. The molecule has 0 amide bonds. The smallest absolute Gasteiger partial charge is 0.297 e. The Morgan fingerprint density at radius 1 is 0.931 bits per heavy atom. The number of para-hydroxylation sites is 1. The van der Waals surface area contributed by atoms with Crippen molar-refractivity contribution in [3.8, 4) is 22.6 Å². The van der Waals surface area contributed by atoms with Crippen LogP contribution in [0.5, 0.6) is 11.5 Å². The summed E-state index contributed by atoms with van der Waals surface area (Å²) in [5, 5.41) is 0. The first kappa shape index (κ1) is 19.5. The number of fused-ring (bicyclic) bond motifs is 1. The SMILES string of the molecule is Cc1ccc(S(=O)(=O)OCC2COc3cccc(-c4ccccc4C)c3O2)cc1. The normalized spacial score (nSPS) is 15.9. The summed E-state index contributed by atoms with van der Waals surface area (Å²) >= 11 is 0. The molecule has 0 saturated carbocycles. The summed E-state index contributed by atoms with van der Waals surface area (Å²) < 4.78 is 42.1. The van der Waals surface area contributed by atoms with Crippen molar-refractivity contribution in [2.75, 3.05) is 13.2 Å². The van der Waals surface area contributed by atoms with E-state index in [4.69, 9.17) is 13.7 Å². The largest absolute Gasteiger partial charge is 0.486 e. The monoisotopic (exact) mass is 410 g/mol. The van der Waals surface area contributed by atoms with Crippen molar-refractivity contribution in [3.63, 3.8) is 0 Å². The molecule has 0 radical (unpaired) electrons. The minimum atomic E-state index is -3.86. The van der Waals surface area contributed by atoms with Gasteiger partial charge in [-0.2, -0.15) is 8.42 Å². The third-order valence-corrected chi connectivity index (χ3v) is 6.14. The van der Waals surface area contributed by atoms with Crippen LogP contribution in [0.15, 0.2) is 71.6 Å². The van der Waals surface area contributed by atoms with E-state index < -0.39 is 16.2 Å². The second-order valence-corrected chi connectivity index (χ2v) is 8.67. The maximum Gasteiger partial charge on any atom is 0.297 e. The Labute approximate surface area is 171 Å². The Morgan fingerprint density at radius 2 is 1.66 bits per heavy atom. The molecule has 5 nitrogen and oxygen atoms in total. The number of benzene rings is 3. The maximum atomic E-state index is 12.4. The van der Waals surface area contributed by atoms with Gasteiger partial charge < -0.3 is 9.47 Å². The molecule has 3 aromatic rings. The minimum Gasteiger partial charge on any atom is -0.486 e. The fraction of sp³-hybridized carbons (Fsp3) is 0.217. The lowest BCUT2D eigenvalue weighted by Crippen LogP contribution is -2.34. The fourth-order valence-electron chi connectivity index (χ4n) is 3.24. The molecule has 0 fully saturated rings. The summed E-state index contributed by atoms with van der Waals surface area (Å²) in [5.41, 5.74) is 4.05. The zero-order valence-electron chi connectivity index (χ0n) is 16.3. The van der Waals surface area contributed by atoms with Gasteiger partial charge in [0.1, 0.15) is 13.2 Å². The van der Waals surface area contributed by atoms with Crippen LogP contribution in [0.1, 0.15) is 11.1 Å². The van der Waals surface area contributed by atoms with Crippen LogP contribution in [0, 0.1) is 13.8 Å². The molecule has 1 aliphatic rings. The van der Waals surface area contributed by atoms with Gasteiger partial charge in [-0.15, -0.1) is 0 Å². The van der Waals surface area contributed by atoms with Crippen LogP contribution in [-0.4, -0.2) is 27.7 Å². The van der Waals surface area contributed by atoms with E-state index in [9.17, 15) is 8.42 Å². The molecule has 0 aromatic heterocycles. The highest BCUT2D eigenvalue weighted by Crippen LogP contribution is 2.41. The molecule has 3 aromatic carbocycles. The summed E-state index contributed by atoms with van der Waals surface area (Å²) in [4.78, 5) is 0.126. The third-order valence-electron chi connectivity index (χ3n) is 4.84. The molecule has 0 N–H and O–H groups in total. The van der Waals surface area contributed by atoms with E-state index in [1.54, 1.807) is 12.1 Å². The molecular formula is C23H22O5S. The van der Waals surface area contributed by atoms with Crippen LogP contribution >= 0.6 is 0 Å². The van der Waals surface area contributed by atoms with Gasteiger partial charge in [-0.05, 0) is 43.2 Å². The Kier molecular flexibility index (Phi) is 5.30. The lowest BCUT2D eigenvalue weighted by atomic mass is 9.99. The van der Waals surface area contributed by atoms with Crippen LogP contribution in [0.3, 0.4) is 0 Å². The van der Waals surface area contributed by atoms with E-state index >= 15 is 0 Å². The highest BCUT2D eigenvalue weighted by Gasteiger charge is 2.27. The van der Waals surface area contributed by atoms with Gasteiger partial charge in [-0.25, -0.2) is 0 Å². The summed E-state index contributed by atoms with van der Waals surface area (Å²) in [6.07, 6.45) is -0.534. The Balaban J connectivity index is 1.53. The van der Waals surface area contributed by atoms with E-state index in [1.807, 2.05) is 56.3 Å². The van der Waals surface area contributed by atoms with Crippen molar-refractivity contribution < 1.29 is 22.1 Å². The Bertz CT molecular complexity index is 1120. The molecule has 1 aliphatic heterocycles. The third kappa shape index (κ3) is 4.13. The first-order valence-corrected chi connectivity index (χ1v) is 10.8. The van der Waals surface area contributed by atoms with Crippen molar-refractivity contribution in [1.82, 2.24) is 0 Å². The summed E-state index contributed by atoms with van der Waals surface area (Å²) in [5.74, 6) is 1.25. The molecule has 1 unspecified atom stereocenters. The molecule has 150 valence electrons. The number of hydrogen-bond donors (Lipinski definition) is 0. The summed E-state index contributed by atoms with van der Waals surface area (Å²) in [7, 11) is -3.86. The van der Waals surface area contributed by atoms with Gasteiger partial charge in [0.2, 0.25) is 0 Å². The average Bonchev–Trinajstić information content (AvgIpc) is 2.72. The summed E-state index contributed by atoms with van der Waals surface area (Å²) in [6.45, 7) is 4.02. The minimum absolute atomic E-state index is 0.126. The van der Waals surface area contributed by atoms with Gasteiger partial charge in [0.05, 0.1) is 4.90 Å². The van der Waals surface area contributed by atoms with Gasteiger partial charge in [0.15, 0.2) is 17.6 Å². The van der Waals surface area contributed by atoms with Crippen LogP contribution in [0.4, 0.5) is 0 Å². The Morgan fingerprint density at radius 3 is 2.41 bits per heavy atom. The van der Waals surface area contributed by atoms with Crippen molar-refractivity contribution in [3.05, 3.63) is 77.9 Å². The molecule has 4 rings (SSSR count). The van der Waals surface area contributed by atoms with Gasteiger partial charge >= 0.3 is 0 Å². The predicted molar refractivity (Wildman–Crippen MR) is 111 cm³/mol. The average molecular weight is 410 g/mol. The van der Waals surface area contributed by atoms with Crippen LogP contribution < -0.4 is 9.47 Å².